The van der Waals surface area contributed by atoms with Crippen LogP contribution in [0.5, 0.6) is 5.75 Å². The van der Waals surface area contributed by atoms with Crippen LogP contribution in [0.2, 0.25) is 0 Å². The number of carbonyl (C=O) groups is 1. The van der Waals surface area contributed by atoms with Gasteiger partial charge in [-0.2, -0.15) is 0 Å². The van der Waals surface area contributed by atoms with Gasteiger partial charge >= 0.3 is 0 Å². The SMILES string of the molecule is COc1cccc2sc(N3CCN(CCNC(=O)c4cccs4)CC3)nc12. The molecule has 8 heteroatoms. The number of nitrogens with zero attached hydrogens (tertiary/aromatic N) is 3. The molecular formula is C19H22N4O2S2. The van der Waals surface area contributed by atoms with E-state index in [-0.39, 0.29) is 5.91 Å². The first-order chi connectivity index (χ1) is 13.2. The third kappa shape index (κ3) is 4.07. The van der Waals surface area contributed by atoms with E-state index in [4.69, 9.17) is 9.72 Å². The first-order valence-electron chi connectivity index (χ1n) is 8.97. The van der Waals surface area contributed by atoms with Crippen LogP contribution in [0.25, 0.3) is 10.2 Å². The molecule has 142 valence electrons. The van der Waals surface area contributed by atoms with Gasteiger partial charge in [-0.15, -0.1) is 11.3 Å². The third-order valence-corrected chi connectivity index (χ3v) is 6.64. The number of para-hydroxylation sites is 1. The van der Waals surface area contributed by atoms with Crippen LogP contribution in [0.15, 0.2) is 35.7 Å². The predicted molar refractivity (Wildman–Crippen MR) is 111 cm³/mol. The van der Waals surface area contributed by atoms with Crippen molar-refractivity contribution in [3.05, 3.63) is 40.6 Å². The zero-order chi connectivity index (χ0) is 18.6. The summed E-state index contributed by atoms with van der Waals surface area (Å²) in [6, 6.07) is 9.80. The van der Waals surface area contributed by atoms with Gasteiger partial charge in [0, 0.05) is 39.3 Å². The van der Waals surface area contributed by atoms with Crippen LogP contribution in [-0.4, -0.2) is 62.2 Å². The van der Waals surface area contributed by atoms with E-state index in [1.54, 1.807) is 18.4 Å². The van der Waals surface area contributed by atoms with E-state index >= 15 is 0 Å². The fraction of sp³-hybridized carbons (Fsp3) is 0.368. The first kappa shape index (κ1) is 18.2. The van der Waals surface area contributed by atoms with Gasteiger partial charge < -0.3 is 15.0 Å². The number of thiophene rings is 1. The topological polar surface area (TPSA) is 57.7 Å². The summed E-state index contributed by atoms with van der Waals surface area (Å²) in [5.41, 5.74) is 0.943. The van der Waals surface area contributed by atoms with Gasteiger partial charge in [0.15, 0.2) is 5.13 Å². The number of nitrogens with one attached hydrogen (secondary N) is 1. The highest BCUT2D eigenvalue weighted by Gasteiger charge is 2.20. The number of rotatable bonds is 6. The minimum absolute atomic E-state index is 0.0204. The fourth-order valence-corrected chi connectivity index (χ4v) is 4.87. The molecule has 3 heterocycles. The lowest BCUT2D eigenvalue weighted by atomic mass is 10.3. The number of piperazine rings is 1. The molecule has 1 saturated heterocycles. The van der Waals surface area contributed by atoms with Crippen molar-refractivity contribution >= 4 is 43.9 Å². The Hall–Kier alpha value is -2.16. The molecule has 0 saturated carbocycles. The lowest BCUT2D eigenvalue weighted by molar-refractivity contribution is 0.0952. The quantitative estimate of drug-likeness (QED) is 0.687. The molecule has 0 radical (unpaired) electrons. The minimum Gasteiger partial charge on any atom is -0.494 e. The van der Waals surface area contributed by atoms with Crippen LogP contribution in [0.1, 0.15) is 9.67 Å². The lowest BCUT2D eigenvalue weighted by Gasteiger charge is -2.34. The van der Waals surface area contributed by atoms with E-state index in [0.717, 1.165) is 58.7 Å². The van der Waals surface area contributed by atoms with Crippen molar-refractivity contribution in [1.29, 1.82) is 0 Å². The molecule has 0 unspecified atom stereocenters. The summed E-state index contributed by atoms with van der Waals surface area (Å²) in [6.45, 7) is 5.39. The standard InChI is InChI=1S/C19H22N4O2S2/c1-25-14-4-2-5-15-17(14)21-19(27-15)23-11-9-22(10-12-23)8-7-20-18(24)16-6-3-13-26-16/h2-6,13H,7-12H2,1H3,(H,20,24). The number of ether oxygens (including phenoxy) is 1. The van der Waals surface area contributed by atoms with Gasteiger partial charge in [-0.3, -0.25) is 9.69 Å². The first-order valence-corrected chi connectivity index (χ1v) is 10.7. The zero-order valence-electron chi connectivity index (χ0n) is 15.2. The molecule has 4 rings (SSSR count). The Kier molecular flexibility index (Phi) is 5.56. The largest absolute Gasteiger partial charge is 0.494 e. The van der Waals surface area contributed by atoms with Gasteiger partial charge in [0.05, 0.1) is 16.7 Å². The maximum atomic E-state index is 12.0. The van der Waals surface area contributed by atoms with Crippen molar-refractivity contribution < 1.29 is 9.53 Å². The highest BCUT2D eigenvalue weighted by atomic mass is 32.1. The summed E-state index contributed by atoms with van der Waals surface area (Å²) in [7, 11) is 1.68. The van der Waals surface area contributed by atoms with E-state index < -0.39 is 0 Å². The monoisotopic (exact) mass is 402 g/mol. The lowest BCUT2D eigenvalue weighted by Crippen LogP contribution is -2.48. The minimum atomic E-state index is 0.0204. The Morgan fingerprint density at radius 1 is 1.22 bits per heavy atom. The molecule has 1 aromatic carbocycles. The van der Waals surface area contributed by atoms with Crippen molar-refractivity contribution in [1.82, 2.24) is 15.2 Å². The second kappa shape index (κ2) is 8.24. The molecule has 6 nitrogen and oxygen atoms in total. The summed E-state index contributed by atoms with van der Waals surface area (Å²) in [6.07, 6.45) is 0. The predicted octanol–water partition coefficient (Wildman–Crippen LogP) is 2.92. The number of anilines is 1. The molecule has 1 amide bonds. The van der Waals surface area contributed by atoms with Gasteiger partial charge in [0.1, 0.15) is 11.3 Å². The summed E-state index contributed by atoms with van der Waals surface area (Å²) in [4.78, 5) is 22.3. The molecule has 1 aliphatic rings. The van der Waals surface area contributed by atoms with Crippen LogP contribution in [0.4, 0.5) is 5.13 Å². The Balaban J connectivity index is 1.28. The fourth-order valence-electron chi connectivity index (χ4n) is 3.20. The number of carbonyl (C=O) groups excluding carboxylic acids is 1. The summed E-state index contributed by atoms with van der Waals surface area (Å²) >= 11 is 3.19. The van der Waals surface area contributed by atoms with E-state index in [1.807, 2.05) is 29.6 Å². The maximum absolute atomic E-state index is 12.0. The molecule has 2 aromatic heterocycles. The molecular weight excluding hydrogens is 380 g/mol. The second-order valence-electron chi connectivity index (χ2n) is 6.37. The number of aromatic nitrogens is 1. The van der Waals surface area contributed by atoms with Crippen LogP contribution in [0, 0.1) is 0 Å². The molecule has 1 aliphatic heterocycles. The van der Waals surface area contributed by atoms with Crippen molar-refractivity contribution in [2.24, 2.45) is 0 Å². The van der Waals surface area contributed by atoms with E-state index in [1.165, 1.54) is 11.3 Å². The third-order valence-electron chi connectivity index (χ3n) is 4.69. The van der Waals surface area contributed by atoms with E-state index in [0.29, 0.717) is 6.54 Å². The van der Waals surface area contributed by atoms with E-state index in [2.05, 4.69) is 21.2 Å². The molecule has 0 bridgehead atoms. The van der Waals surface area contributed by atoms with Crippen LogP contribution >= 0.6 is 22.7 Å². The van der Waals surface area contributed by atoms with Gasteiger partial charge in [-0.1, -0.05) is 23.5 Å². The average Bonchev–Trinajstić information content (AvgIpc) is 3.38. The van der Waals surface area contributed by atoms with Gasteiger partial charge in [-0.05, 0) is 23.6 Å². The molecule has 27 heavy (non-hydrogen) atoms. The van der Waals surface area contributed by atoms with E-state index in [9.17, 15) is 4.79 Å². The summed E-state index contributed by atoms with van der Waals surface area (Å²) in [5, 5.41) is 5.98. The molecule has 0 spiro atoms. The normalized spacial score (nSPS) is 15.2. The van der Waals surface area contributed by atoms with Crippen LogP contribution in [0.3, 0.4) is 0 Å². The molecule has 1 fully saturated rings. The van der Waals surface area contributed by atoms with Gasteiger partial charge in [-0.25, -0.2) is 4.98 Å². The van der Waals surface area contributed by atoms with Crippen molar-refractivity contribution in [3.8, 4) is 5.75 Å². The van der Waals surface area contributed by atoms with Crippen LogP contribution in [-0.2, 0) is 0 Å². The molecule has 0 atom stereocenters. The number of fused-ring (bicyclic) bond motifs is 1. The number of hydrogen-bond donors (Lipinski definition) is 1. The number of methoxy groups -OCH3 is 1. The smallest absolute Gasteiger partial charge is 0.261 e. The number of thiazole rings is 1. The van der Waals surface area contributed by atoms with Gasteiger partial charge in [0.2, 0.25) is 0 Å². The maximum Gasteiger partial charge on any atom is 0.261 e. The molecule has 1 N–H and O–H groups in total. The summed E-state index contributed by atoms with van der Waals surface area (Å²) in [5.74, 6) is 0.849. The van der Waals surface area contributed by atoms with Crippen molar-refractivity contribution in [2.75, 3.05) is 51.3 Å². The Morgan fingerprint density at radius 2 is 2.07 bits per heavy atom. The van der Waals surface area contributed by atoms with Crippen molar-refractivity contribution in [3.63, 3.8) is 0 Å². The molecule has 3 aromatic rings. The Bertz CT molecular complexity index is 902. The number of hydrogen-bond acceptors (Lipinski definition) is 7. The van der Waals surface area contributed by atoms with Crippen molar-refractivity contribution in [2.45, 2.75) is 0 Å². The van der Waals surface area contributed by atoms with Crippen LogP contribution < -0.4 is 15.0 Å². The number of benzene rings is 1. The van der Waals surface area contributed by atoms with Gasteiger partial charge in [0.25, 0.3) is 5.91 Å². The second-order valence-corrected chi connectivity index (χ2v) is 8.32. The average molecular weight is 403 g/mol. The zero-order valence-corrected chi connectivity index (χ0v) is 16.8. The summed E-state index contributed by atoms with van der Waals surface area (Å²) < 4.78 is 6.57. The highest BCUT2D eigenvalue weighted by molar-refractivity contribution is 7.22. The number of amides is 1. The Morgan fingerprint density at radius 3 is 2.81 bits per heavy atom. The Labute approximate surface area is 166 Å². The highest BCUT2D eigenvalue weighted by Crippen LogP contribution is 2.34. The molecule has 0 aliphatic carbocycles.